The molecule has 2 aliphatic rings. The highest BCUT2D eigenvalue weighted by molar-refractivity contribution is 14.1. The molecule has 0 radical (unpaired) electrons. The Bertz CT molecular complexity index is 467. The largest absolute Gasteiger partial charge is 0.381 e. The van der Waals surface area contributed by atoms with Gasteiger partial charge in [0.15, 0.2) is 0 Å². The highest BCUT2D eigenvalue weighted by Gasteiger charge is 2.37. The SMILES string of the molecule is CC1CCC2(CC1)CNc1cc(I)c(F)cc1N2. The third-order valence-corrected chi connectivity index (χ3v) is 5.14. The number of hydrogen-bond acceptors (Lipinski definition) is 2. The number of hydrogen-bond donors (Lipinski definition) is 2. The first-order valence-electron chi connectivity index (χ1n) is 6.59. The van der Waals surface area contributed by atoms with Gasteiger partial charge >= 0.3 is 0 Å². The first kappa shape index (κ1) is 12.5. The second-order valence-corrected chi connectivity index (χ2v) is 6.92. The molecule has 1 saturated carbocycles. The van der Waals surface area contributed by atoms with E-state index in [4.69, 9.17) is 0 Å². The van der Waals surface area contributed by atoms with Gasteiger partial charge in [0.2, 0.25) is 0 Å². The van der Waals surface area contributed by atoms with Crippen LogP contribution < -0.4 is 10.6 Å². The van der Waals surface area contributed by atoms with Gasteiger partial charge in [-0.1, -0.05) is 6.92 Å². The minimum absolute atomic E-state index is 0.134. The summed E-state index contributed by atoms with van der Waals surface area (Å²) in [6.07, 6.45) is 4.87. The lowest BCUT2D eigenvalue weighted by Gasteiger charge is -2.44. The Morgan fingerprint density at radius 2 is 2.00 bits per heavy atom. The lowest BCUT2D eigenvalue weighted by atomic mass is 9.76. The van der Waals surface area contributed by atoms with Gasteiger partial charge in [-0.05, 0) is 60.3 Å². The predicted molar refractivity (Wildman–Crippen MR) is 81.6 cm³/mol. The molecule has 0 saturated heterocycles. The smallest absolute Gasteiger partial charge is 0.138 e. The fraction of sp³-hybridized carbons (Fsp3) is 0.571. The van der Waals surface area contributed by atoms with E-state index >= 15 is 0 Å². The zero-order valence-electron chi connectivity index (χ0n) is 10.5. The molecule has 0 atom stereocenters. The third-order valence-electron chi connectivity index (χ3n) is 4.31. The fourth-order valence-electron chi connectivity index (χ4n) is 3.01. The van der Waals surface area contributed by atoms with Gasteiger partial charge in [-0.3, -0.25) is 0 Å². The summed E-state index contributed by atoms with van der Waals surface area (Å²) in [5, 5.41) is 7.07. The van der Waals surface area contributed by atoms with Crippen LogP contribution in [0.5, 0.6) is 0 Å². The van der Waals surface area contributed by atoms with Crippen molar-refractivity contribution in [3.63, 3.8) is 0 Å². The Kier molecular flexibility index (Phi) is 3.16. The van der Waals surface area contributed by atoms with Crippen LogP contribution >= 0.6 is 22.6 Å². The Hall–Kier alpha value is -0.520. The van der Waals surface area contributed by atoms with Gasteiger partial charge in [0.25, 0.3) is 0 Å². The molecular weight excluding hydrogens is 342 g/mol. The van der Waals surface area contributed by atoms with Crippen molar-refractivity contribution in [3.8, 4) is 0 Å². The van der Waals surface area contributed by atoms with Crippen molar-refractivity contribution in [2.24, 2.45) is 5.92 Å². The number of benzene rings is 1. The van der Waals surface area contributed by atoms with E-state index in [0.717, 1.165) is 23.8 Å². The van der Waals surface area contributed by atoms with Crippen molar-refractivity contribution < 1.29 is 4.39 Å². The molecule has 0 unspecified atom stereocenters. The lowest BCUT2D eigenvalue weighted by Crippen LogP contribution is -2.50. The van der Waals surface area contributed by atoms with E-state index in [1.165, 1.54) is 25.7 Å². The van der Waals surface area contributed by atoms with Crippen LogP contribution in [-0.4, -0.2) is 12.1 Å². The zero-order valence-corrected chi connectivity index (χ0v) is 12.7. The summed E-state index contributed by atoms with van der Waals surface area (Å²) in [7, 11) is 0. The number of halogens is 2. The molecule has 0 amide bonds. The van der Waals surface area contributed by atoms with Gasteiger partial charge in [-0.2, -0.15) is 0 Å². The maximum absolute atomic E-state index is 13.6. The average molecular weight is 360 g/mol. The van der Waals surface area contributed by atoms with Crippen LogP contribution in [0.25, 0.3) is 0 Å². The van der Waals surface area contributed by atoms with Gasteiger partial charge in [0.05, 0.1) is 20.5 Å². The Morgan fingerprint density at radius 3 is 2.72 bits per heavy atom. The van der Waals surface area contributed by atoms with Crippen molar-refractivity contribution in [2.45, 2.75) is 38.1 Å². The molecule has 1 aliphatic carbocycles. The van der Waals surface area contributed by atoms with E-state index in [-0.39, 0.29) is 11.4 Å². The van der Waals surface area contributed by atoms with Crippen LogP contribution in [0.1, 0.15) is 32.6 Å². The first-order valence-corrected chi connectivity index (χ1v) is 7.67. The zero-order chi connectivity index (χ0) is 12.8. The highest BCUT2D eigenvalue weighted by atomic mass is 127. The second kappa shape index (κ2) is 4.54. The van der Waals surface area contributed by atoms with Crippen molar-refractivity contribution in [3.05, 3.63) is 21.5 Å². The maximum Gasteiger partial charge on any atom is 0.138 e. The number of nitrogens with one attached hydrogen (secondary N) is 2. The van der Waals surface area contributed by atoms with E-state index in [2.05, 4.69) is 17.6 Å². The van der Waals surface area contributed by atoms with Crippen LogP contribution in [-0.2, 0) is 0 Å². The summed E-state index contributed by atoms with van der Waals surface area (Å²) in [6.45, 7) is 3.27. The summed E-state index contributed by atoms with van der Waals surface area (Å²) < 4.78 is 14.3. The van der Waals surface area contributed by atoms with Crippen molar-refractivity contribution in [1.82, 2.24) is 0 Å². The molecule has 18 heavy (non-hydrogen) atoms. The summed E-state index contributed by atoms with van der Waals surface area (Å²) >= 11 is 2.04. The van der Waals surface area contributed by atoms with E-state index in [0.29, 0.717) is 3.57 Å². The Balaban J connectivity index is 1.86. The Labute approximate surface area is 121 Å². The molecule has 1 heterocycles. The van der Waals surface area contributed by atoms with E-state index in [1.54, 1.807) is 6.07 Å². The second-order valence-electron chi connectivity index (χ2n) is 5.75. The maximum atomic E-state index is 13.6. The summed E-state index contributed by atoms with van der Waals surface area (Å²) in [6, 6.07) is 3.51. The van der Waals surface area contributed by atoms with E-state index in [1.807, 2.05) is 28.7 Å². The molecule has 0 aromatic heterocycles. The van der Waals surface area contributed by atoms with Crippen molar-refractivity contribution >= 4 is 34.0 Å². The standard InChI is InChI=1S/C14H18FIN2/c1-9-2-4-14(5-3-9)8-17-12-7-11(16)10(15)6-13(12)18-14/h6-7,9,17-18H,2-5,8H2,1H3. The van der Waals surface area contributed by atoms with Crippen LogP contribution in [0, 0.1) is 15.3 Å². The van der Waals surface area contributed by atoms with Crippen LogP contribution in [0.15, 0.2) is 12.1 Å². The molecule has 1 aromatic rings. The Morgan fingerprint density at radius 1 is 1.28 bits per heavy atom. The third kappa shape index (κ3) is 2.19. The molecular formula is C14H18FIN2. The van der Waals surface area contributed by atoms with Crippen molar-refractivity contribution in [1.29, 1.82) is 0 Å². The summed E-state index contributed by atoms with van der Waals surface area (Å²) in [4.78, 5) is 0. The normalized spacial score (nSPS) is 30.5. The molecule has 4 heteroatoms. The van der Waals surface area contributed by atoms with Crippen molar-refractivity contribution in [2.75, 3.05) is 17.2 Å². The van der Waals surface area contributed by atoms with Crippen LogP contribution in [0.3, 0.4) is 0 Å². The predicted octanol–water partition coefficient (Wildman–Crippen LogP) is 4.22. The van der Waals surface area contributed by atoms with E-state index in [9.17, 15) is 4.39 Å². The molecule has 98 valence electrons. The monoisotopic (exact) mass is 360 g/mol. The van der Waals surface area contributed by atoms with Gasteiger partial charge < -0.3 is 10.6 Å². The molecule has 0 bridgehead atoms. The highest BCUT2D eigenvalue weighted by Crippen LogP contribution is 2.40. The van der Waals surface area contributed by atoms with E-state index < -0.39 is 0 Å². The van der Waals surface area contributed by atoms with Crippen LogP contribution in [0.2, 0.25) is 0 Å². The van der Waals surface area contributed by atoms with Crippen LogP contribution in [0.4, 0.5) is 15.8 Å². The van der Waals surface area contributed by atoms with Gasteiger partial charge in [0.1, 0.15) is 5.82 Å². The molecule has 2 N–H and O–H groups in total. The fourth-order valence-corrected chi connectivity index (χ4v) is 3.47. The minimum Gasteiger partial charge on any atom is -0.381 e. The molecule has 2 nitrogen and oxygen atoms in total. The number of rotatable bonds is 0. The minimum atomic E-state index is -0.134. The lowest BCUT2D eigenvalue weighted by molar-refractivity contribution is 0.274. The number of anilines is 2. The van der Waals surface area contributed by atoms with Gasteiger partial charge in [-0.15, -0.1) is 0 Å². The van der Waals surface area contributed by atoms with Gasteiger partial charge in [-0.25, -0.2) is 4.39 Å². The topological polar surface area (TPSA) is 24.1 Å². The summed E-state index contributed by atoms with van der Waals surface area (Å²) in [5.41, 5.74) is 2.09. The average Bonchev–Trinajstić information content (AvgIpc) is 2.36. The molecule has 3 rings (SSSR count). The quantitative estimate of drug-likeness (QED) is 0.677. The molecule has 1 aromatic carbocycles. The molecule has 1 fully saturated rings. The summed E-state index contributed by atoms with van der Waals surface area (Å²) in [5.74, 6) is 0.692. The molecule has 1 spiro atoms. The first-order chi connectivity index (χ1) is 8.58. The van der Waals surface area contributed by atoms with Gasteiger partial charge in [0, 0.05) is 12.6 Å². The number of fused-ring (bicyclic) bond motifs is 1. The molecule has 1 aliphatic heterocycles.